The summed E-state index contributed by atoms with van der Waals surface area (Å²) >= 11 is 0. The van der Waals surface area contributed by atoms with E-state index in [0.717, 1.165) is 44.3 Å². The van der Waals surface area contributed by atoms with Crippen molar-refractivity contribution in [3.63, 3.8) is 0 Å². The summed E-state index contributed by atoms with van der Waals surface area (Å²) in [6.45, 7) is 5.57. The summed E-state index contributed by atoms with van der Waals surface area (Å²) in [6.07, 6.45) is 10.4. The maximum Gasteiger partial charge on any atom is 0.317 e. The van der Waals surface area contributed by atoms with Crippen molar-refractivity contribution < 1.29 is 4.79 Å². The molecule has 122 valence electrons. The summed E-state index contributed by atoms with van der Waals surface area (Å²) in [5, 5.41) is 6.52. The molecule has 2 fully saturated rings. The van der Waals surface area contributed by atoms with Gasteiger partial charge in [-0.3, -0.25) is 0 Å². The molecule has 2 saturated heterocycles. The van der Waals surface area contributed by atoms with Crippen LogP contribution in [-0.2, 0) is 6.54 Å². The highest BCUT2D eigenvalue weighted by Crippen LogP contribution is 2.29. The maximum absolute atomic E-state index is 12.2. The summed E-state index contributed by atoms with van der Waals surface area (Å²) in [5.74, 6) is 1.61. The van der Waals surface area contributed by atoms with Crippen molar-refractivity contribution in [1.29, 1.82) is 0 Å². The lowest BCUT2D eigenvalue weighted by Gasteiger charge is -2.37. The Morgan fingerprint density at radius 3 is 2.82 bits per heavy atom. The summed E-state index contributed by atoms with van der Waals surface area (Å²) in [5.41, 5.74) is 0. The van der Waals surface area contributed by atoms with Gasteiger partial charge in [-0.2, -0.15) is 0 Å². The summed E-state index contributed by atoms with van der Waals surface area (Å²) < 4.78 is 1.97. The van der Waals surface area contributed by atoms with Crippen molar-refractivity contribution in [3.8, 4) is 0 Å². The molecule has 0 aliphatic carbocycles. The number of urea groups is 1. The van der Waals surface area contributed by atoms with Gasteiger partial charge in [-0.1, -0.05) is 0 Å². The van der Waals surface area contributed by atoms with E-state index < -0.39 is 0 Å². The zero-order valence-corrected chi connectivity index (χ0v) is 13.2. The van der Waals surface area contributed by atoms with E-state index in [9.17, 15) is 4.79 Å². The number of aromatic nitrogens is 2. The predicted octanol–water partition coefficient (Wildman–Crippen LogP) is 1.30. The Morgan fingerprint density at radius 1 is 1.27 bits per heavy atom. The molecule has 0 radical (unpaired) electrons. The first-order valence-electron chi connectivity index (χ1n) is 8.52. The zero-order chi connectivity index (χ0) is 15.2. The molecule has 1 atom stereocenters. The number of nitrogens with one attached hydrogen (secondary N) is 2. The van der Waals surface area contributed by atoms with Crippen LogP contribution in [0.1, 0.15) is 25.7 Å². The van der Waals surface area contributed by atoms with Crippen LogP contribution in [0, 0.1) is 11.8 Å². The van der Waals surface area contributed by atoms with Gasteiger partial charge in [0.05, 0.1) is 6.33 Å². The number of hydrogen-bond donors (Lipinski definition) is 2. The number of hydrogen-bond acceptors (Lipinski definition) is 3. The van der Waals surface area contributed by atoms with Crippen LogP contribution >= 0.6 is 0 Å². The zero-order valence-electron chi connectivity index (χ0n) is 13.2. The van der Waals surface area contributed by atoms with Crippen LogP contribution in [0.15, 0.2) is 18.7 Å². The van der Waals surface area contributed by atoms with Crippen molar-refractivity contribution >= 4 is 6.03 Å². The molecule has 2 amide bonds. The van der Waals surface area contributed by atoms with Crippen molar-refractivity contribution in [3.05, 3.63) is 18.7 Å². The van der Waals surface area contributed by atoms with E-state index in [1.807, 2.05) is 15.7 Å². The van der Waals surface area contributed by atoms with Gasteiger partial charge in [-0.05, 0) is 50.6 Å². The molecule has 3 rings (SSSR count). The summed E-state index contributed by atoms with van der Waals surface area (Å²) in [4.78, 5) is 18.2. The van der Waals surface area contributed by atoms with Gasteiger partial charge in [-0.15, -0.1) is 0 Å². The van der Waals surface area contributed by atoms with Crippen LogP contribution in [0.2, 0.25) is 0 Å². The average Bonchev–Trinajstić information content (AvgIpc) is 3.09. The fourth-order valence-electron chi connectivity index (χ4n) is 3.68. The second kappa shape index (κ2) is 7.63. The third-order valence-corrected chi connectivity index (χ3v) is 5.03. The number of rotatable bonds is 4. The lowest BCUT2D eigenvalue weighted by Crippen LogP contribution is -2.47. The highest BCUT2D eigenvalue weighted by atomic mass is 16.2. The molecule has 3 heterocycles. The van der Waals surface area contributed by atoms with E-state index in [2.05, 4.69) is 15.6 Å². The predicted molar refractivity (Wildman–Crippen MR) is 85.5 cm³/mol. The molecular weight excluding hydrogens is 278 g/mol. The van der Waals surface area contributed by atoms with E-state index in [-0.39, 0.29) is 6.03 Å². The van der Waals surface area contributed by atoms with Gasteiger partial charge < -0.3 is 20.1 Å². The van der Waals surface area contributed by atoms with Gasteiger partial charge in [0.25, 0.3) is 0 Å². The monoisotopic (exact) mass is 305 g/mol. The number of amides is 2. The van der Waals surface area contributed by atoms with Crippen molar-refractivity contribution in [2.24, 2.45) is 11.8 Å². The number of carbonyl (C=O) groups is 1. The normalized spacial score (nSPS) is 23.5. The molecule has 1 aromatic rings. The van der Waals surface area contributed by atoms with Crippen molar-refractivity contribution in [2.45, 2.75) is 32.2 Å². The fraction of sp³-hybridized carbons (Fsp3) is 0.750. The van der Waals surface area contributed by atoms with Crippen LogP contribution in [0.4, 0.5) is 4.79 Å². The molecule has 1 aromatic heterocycles. The minimum atomic E-state index is 0.0836. The van der Waals surface area contributed by atoms with Gasteiger partial charge in [-0.25, -0.2) is 9.78 Å². The highest BCUT2D eigenvalue weighted by Gasteiger charge is 2.29. The summed E-state index contributed by atoms with van der Waals surface area (Å²) in [6, 6.07) is 0.0836. The number of imidazole rings is 1. The third kappa shape index (κ3) is 4.00. The number of piperidine rings is 2. The van der Waals surface area contributed by atoms with Crippen molar-refractivity contribution in [2.75, 3.05) is 32.7 Å². The van der Waals surface area contributed by atoms with Gasteiger partial charge in [0.2, 0.25) is 0 Å². The van der Waals surface area contributed by atoms with Gasteiger partial charge in [0.15, 0.2) is 0 Å². The number of nitrogens with zero attached hydrogens (tertiary/aromatic N) is 3. The van der Waals surface area contributed by atoms with E-state index in [1.54, 1.807) is 12.5 Å². The van der Waals surface area contributed by atoms with Crippen LogP contribution in [0.5, 0.6) is 0 Å². The van der Waals surface area contributed by atoms with Crippen LogP contribution in [0.25, 0.3) is 0 Å². The van der Waals surface area contributed by atoms with Crippen LogP contribution in [-0.4, -0.2) is 53.2 Å². The minimum absolute atomic E-state index is 0.0836. The molecule has 6 nitrogen and oxygen atoms in total. The first kappa shape index (κ1) is 15.3. The quantitative estimate of drug-likeness (QED) is 0.881. The Balaban J connectivity index is 1.36. The number of likely N-dealkylation sites (tertiary alicyclic amines) is 1. The minimum Gasteiger partial charge on any atom is -0.336 e. The number of carbonyl (C=O) groups excluding carboxylic acids is 1. The van der Waals surface area contributed by atoms with E-state index >= 15 is 0 Å². The molecule has 0 spiro atoms. The largest absolute Gasteiger partial charge is 0.336 e. The lowest BCUT2D eigenvalue weighted by atomic mass is 9.80. The average molecular weight is 305 g/mol. The highest BCUT2D eigenvalue weighted by molar-refractivity contribution is 5.74. The Labute approximate surface area is 132 Å². The van der Waals surface area contributed by atoms with Gasteiger partial charge >= 0.3 is 6.03 Å². The summed E-state index contributed by atoms with van der Waals surface area (Å²) in [7, 11) is 0. The van der Waals surface area contributed by atoms with E-state index in [1.165, 1.54) is 25.9 Å². The van der Waals surface area contributed by atoms with Crippen LogP contribution < -0.4 is 10.6 Å². The molecule has 0 saturated carbocycles. The molecule has 22 heavy (non-hydrogen) atoms. The fourth-order valence-corrected chi connectivity index (χ4v) is 3.68. The van der Waals surface area contributed by atoms with Crippen LogP contribution in [0.3, 0.4) is 0 Å². The maximum atomic E-state index is 12.2. The van der Waals surface area contributed by atoms with Gasteiger partial charge in [0.1, 0.15) is 0 Å². The topological polar surface area (TPSA) is 62.2 Å². The third-order valence-electron chi connectivity index (χ3n) is 5.03. The van der Waals surface area contributed by atoms with E-state index in [4.69, 9.17) is 0 Å². The first-order valence-corrected chi connectivity index (χ1v) is 8.52. The lowest BCUT2D eigenvalue weighted by molar-refractivity contribution is 0.139. The second-order valence-electron chi connectivity index (χ2n) is 6.46. The Morgan fingerprint density at radius 2 is 2.14 bits per heavy atom. The van der Waals surface area contributed by atoms with Gasteiger partial charge in [0, 0.05) is 38.6 Å². The molecule has 1 unspecified atom stereocenters. The SMILES string of the molecule is O=C(NCCn1ccnc1)N1CCC(C2CCCNC2)CC1. The Kier molecular flexibility index (Phi) is 5.32. The first-order chi connectivity index (χ1) is 10.8. The molecule has 2 aliphatic heterocycles. The standard InChI is InChI=1S/C16H27N5O/c22-16(19-7-11-20-10-6-18-13-20)21-8-3-14(4-9-21)15-2-1-5-17-12-15/h6,10,13-15,17H,1-5,7-9,11-12H2,(H,19,22). The molecule has 0 bridgehead atoms. The molecule has 6 heteroatoms. The molecule has 0 aromatic carbocycles. The Hall–Kier alpha value is -1.56. The van der Waals surface area contributed by atoms with E-state index in [0.29, 0.717) is 6.54 Å². The molecule has 2 N–H and O–H groups in total. The molecule has 2 aliphatic rings. The Bertz CT molecular complexity index is 447. The molecular formula is C16H27N5O. The van der Waals surface area contributed by atoms with Crippen molar-refractivity contribution in [1.82, 2.24) is 25.1 Å². The second-order valence-corrected chi connectivity index (χ2v) is 6.46. The smallest absolute Gasteiger partial charge is 0.317 e.